The molecule has 0 aliphatic heterocycles. The van der Waals surface area contributed by atoms with Crippen LogP contribution in [0.3, 0.4) is 0 Å². The summed E-state index contributed by atoms with van der Waals surface area (Å²) in [6.45, 7) is 3.37. The quantitative estimate of drug-likeness (QED) is 0.614. The largest absolute Gasteiger partial charge is 0.548 e. The van der Waals surface area contributed by atoms with Crippen LogP contribution < -0.4 is 10.4 Å². The molecule has 0 aliphatic carbocycles. The molecule has 0 aliphatic rings. The first-order valence-electron chi connectivity index (χ1n) is 5.52. The maximum Gasteiger partial charge on any atom is 0.270 e. The van der Waals surface area contributed by atoms with Crippen molar-refractivity contribution in [3.05, 3.63) is 33.9 Å². The first-order valence-corrected chi connectivity index (χ1v) is 5.52. The maximum absolute atomic E-state index is 11.0. The highest BCUT2D eigenvalue weighted by Gasteiger charge is 2.17. The van der Waals surface area contributed by atoms with Gasteiger partial charge in [-0.15, -0.1) is 0 Å². The van der Waals surface area contributed by atoms with E-state index in [1.807, 2.05) is 0 Å². The van der Waals surface area contributed by atoms with E-state index in [-0.39, 0.29) is 22.9 Å². The second-order valence-corrected chi connectivity index (χ2v) is 4.28. The number of benzene rings is 1. The summed E-state index contributed by atoms with van der Waals surface area (Å²) in [5.74, 6) is -1.55. The van der Waals surface area contributed by atoms with Gasteiger partial charge in [0.25, 0.3) is 5.69 Å². The molecule has 1 N–H and O–H groups in total. The monoisotopic (exact) mass is 262 g/mol. The molecule has 0 bridgehead atoms. The first kappa shape index (κ1) is 14.4. The fourth-order valence-electron chi connectivity index (χ4n) is 1.53. The van der Waals surface area contributed by atoms with Crippen LogP contribution >= 0.6 is 0 Å². The number of carboxylic acid groups (broad SMARTS) is 1. The van der Waals surface area contributed by atoms with E-state index in [1.165, 1.54) is 12.1 Å². The van der Waals surface area contributed by atoms with Crippen molar-refractivity contribution in [3.8, 4) is 6.07 Å². The molecule has 0 spiro atoms. The van der Waals surface area contributed by atoms with Crippen LogP contribution in [0.5, 0.6) is 0 Å². The SMILES string of the molecule is CC(C)[C@H](Nc1ccc([N+](=O)[O-])cc1C#N)C(=O)[O-]. The molecule has 0 saturated carbocycles. The lowest BCUT2D eigenvalue weighted by Gasteiger charge is -2.24. The van der Waals surface area contributed by atoms with Crippen molar-refractivity contribution in [3.63, 3.8) is 0 Å². The summed E-state index contributed by atoms with van der Waals surface area (Å²) in [5, 5.41) is 33.1. The Morgan fingerprint density at radius 1 is 1.47 bits per heavy atom. The average Bonchev–Trinajstić information content (AvgIpc) is 2.34. The third kappa shape index (κ3) is 3.42. The Morgan fingerprint density at radius 3 is 2.53 bits per heavy atom. The molecule has 0 saturated heterocycles. The number of rotatable bonds is 5. The van der Waals surface area contributed by atoms with E-state index in [9.17, 15) is 20.0 Å². The summed E-state index contributed by atoms with van der Waals surface area (Å²) in [6, 6.07) is 4.43. The van der Waals surface area contributed by atoms with Crippen LogP contribution in [0.2, 0.25) is 0 Å². The Kier molecular flexibility index (Phi) is 4.42. The summed E-state index contributed by atoms with van der Waals surface area (Å²) in [7, 11) is 0. The number of non-ortho nitro benzene ring substituents is 1. The molecule has 1 aromatic carbocycles. The fraction of sp³-hybridized carbons (Fsp3) is 0.333. The topological polar surface area (TPSA) is 119 Å². The molecule has 0 aromatic heterocycles. The minimum Gasteiger partial charge on any atom is -0.548 e. The van der Waals surface area contributed by atoms with Crippen molar-refractivity contribution in [1.29, 1.82) is 5.26 Å². The van der Waals surface area contributed by atoms with E-state index >= 15 is 0 Å². The zero-order chi connectivity index (χ0) is 14.6. The van der Waals surface area contributed by atoms with Crippen LogP contribution in [-0.4, -0.2) is 16.9 Å². The minimum atomic E-state index is -1.29. The number of nitro groups is 1. The molecule has 0 unspecified atom stereocenters. The van der Waals surface area contributed by atoms with Gasteiger partial charge in [-0.25, -0.2) is 0 Å². The molecular formula is C12H12N3O4-. The van der Waals surface area contributed by atoms with Crippen molar-refractivity contribution in [1.82, 2.24) is 0 Å². The molecule has 0 heterocycles. The number of nitro benzene ring substituents is 1. The number of carbonyl (C=O) groups is 1. The van der Waals surface area contributed by atoms with Crippen LogP contribution in [0, 0.1) is 27.4 Å². The Morgan fingerprint density at radius 2 is 2.11 bits per heavy atom. The molecule has 0 amide bonds. The van der Waals surface area contributed by atoms with E-state index in [2.05, 4.69) is 5.32 Å². The van der Waals surface area contributed by atoms with Crippen molar-refractivity contribution < 1.29 is 14.8 Å². The van der Waals surface area contributed by atoms with Gasteiger partial charge in [0.05, 0.1) is 28.2 Å². The summed E-state index contributed by atoms with van der Waals surface area (Å²) in [5.41, 5.74) is 0.0220. The predicted octanol–water partition coefficient (Wildman–Crippen LogP) is 0.653. The van der Waals surface area contributed by atoms with Crippen molar-refractivity contribution >= 4 is 17.3 Å². The number of aliphatic carboxylic acids is 1. The van der Waals surface area contributed by atoms with Gasteiger partial charge in [-0.3, -0.25) is 10.1 Å². The van der Waals surface area contributed by atoms with E-state index in [0.717, 1.165) is 6.07 Å². The van der Waals surface area contributed by atoms with E-state index in [0.29, 0.717) is 0 Å². The van der Waals surface area contributed by atoms with Gasteiger partial charge in [-0.2, -0.15) is 5.26 Å². The minimum absolute atomic E-state index is 0.0149. The number of hydrogen-bond donors (Lipinski definition) is 1. The molecule has 100 valence electrons. The molecule has 7 nitrogen and oxygen atoms in total. The standard InChI is InChI=1S/C12H13N3O4/c1-7(2)11(12(16)17)14-10-4-3-9(15(18)19)5-8(10)6-13/h3-5,7,11,14H,1-2H3,(H,16,17)/p-1/t11-/m0/s1. The predicted molar refractivity (Wildman–Crippen MR) is 65.1 cm³/mol. The van der Waals surface area contributed by atoms with Crippen molar-refractivity contribution in [2.75, 3.05) is 5.32 Å². The van der Waals surface area contributed by atoms with E-state index in [1.54, 1.807) is 19.9 Å². The number of carbonyl (C=O) groups excluding carboxylic acids is 1. The summed E-state index contributed by atoms with van der Waals surface area (Å²) in [6.07, 6.45) is 0. The van der Waals surface area contributed by atoms with E-state index < -0.39 is 16.9 Å². The lowest BCUT2D eigenvalue weighted by Crippen LogP contribution is -2.44. The zero-order valence-electron chi connectivity index (χ0n) is 10.4. The highest BCUT2D eigenvalue weighted by atomic mass is 16.6. The number of nitrogens with one attached hydrogen (secondary N) is 1. The number of nitrogens with zero attached hydrogens (tertiary/aromatic N) is 2. The van der Waals surface area contributed by atoms with Gasteiger partial charge >= 0.3 is 0 Å². The normalized spacial score (nSPS) is 11.7. The van der Waals surface area contributed by atoms with Crippen LogP contribution in [0.4, 0.5) is 11.4 Å². The van der Waals surface area contributed by atoms with Gasteiger partial charge in [0.15, 0.2) is 0 Å². The zero-order valence-corrected chi connectivity index (χ0v) is 10.4. The van der Waals surface area contributed by atoms with Crippen LogP contribution in [-0.2, 0) is 4.79 Å². The lowest BCUT2D eigenvalue weighted by molar-refractivity contribution is -0.384. The van der Waals surface area contributed by atoms with Crippen molar-refractivity contribution in [2.45, 2.75) is 19.9 Å². The van der Waals surface area contributed by atoms with Gasteiger partial charge < -0.3 is 15.2 Å². The number of hydrogen-bond acceptors (Lipinski definition) is 6. The molecule has 0 radical (unpaired) electrons. The van der Waals surface area contributed by atoms with Gasteiger partial charge in [0.1, 0.15) is 6.07 Å². The average molecular weight is 262 g/mol. The van der Waals surface area contributed by atoms with Crippen LogP contribution in [0.1, 0.15) is 19.4 Å². The molecule has 1 atom stereocenters. The molecule has 1 aromatic rings. The summed E-state index contributed by atoms with van der Waals surface area (Å²) < 4.78 is 0. The van der Waals surface area contributed by atoms with Gasteiger partial charge in [-0.05, 0) is 12.0 Å². The highest BCUT2D eigenvalue weighted by molar-refractivity contribution is 5.77. The highest BCUT2D eigenvalue weighted by Crippen LogP contribution is 2.23. The van der Waals surface area contributed by atoms with Gasteiger partial charge in [-0.1, -0.05) is 13.8 Å². The third-order valence-electron chi connectivity index (χ3n) is 2.57. The number of carboxylic acids is 1. The van der Waals surface area contributed by atoms with Gasteiger partial charge in [0.2, 0.25) is 0 Å². The smallest absolute Gasteiger partial charge is 0.270 e. The molecule has 19 heavy (non-hydrogen) atoms. The Bertz CT molecular complexity index is 548. The molecule has 7 heteroatoms. The second kappa shape index (κ2) is 5.82. The number of nitriles is 1. The van der Waals surface area contributed by atoms with Crippen LogP contribution in [0.15, 0.2) is 18.2 Å². The summed E-state index contributed by atoms with van der Waals surface area (Å²) in [4.78, 5) is 20.9. The summed E-state index contributed by atoms with van der Waals surface area (Å²) >= 11 is 0. The van der Waals surface area contributed by atoms with E-state index in [4.69, 9.17) is 5.26 Å². The molecule has 1 rings (SSSR count). The second-order valence-electron chi connectivity index (χ2n) is 4.28. The Balaban J connectivity index is 3.11. The molecular weight excluding hydrogens is 250 g/mol. The maximum atomic E-state index is 11.0. The Labute approximate surface area is 109 Å². The lowest BCUT2D eigenvalue weighted by atomic mass is 10.0. The van der Waals surface area contributed by atoms with Crippen LogP contribution in [0.25, 0.3) is 0 Å². The number of anilines is 1. The Hall–Kier alpha value is -2.62. The first-order chi connectivity index (χ1) is 8.86. The fourth-order valence-corrected chi connectivity index (χ4v) is 1.53. The van der Waals surface area contributed by atoms with Crippen molar-refractivity contribution in [2.24, 2.45) is 5.92 Å². The van der Waals surface area contributed by atoms with Gasteiger partial charge in [0, 0.05) is 12.1 Å². The third-order valence-corrected chi connectivity index (χ3v) is 2.57. The molecule has 0 fully saturated rings.